The summed E-state index contributed by atoms with van der Waals surface area (Å²) in [5, 5.41) is 21.6. The van der Waals surface area contributed by atoms with Crippen molar-refractivity contribution in [3.8, 4) is 5.75 Å². The minimum Gasteiger partial charge on any atom is -0.491 e. The Labute approximate surface area is 115 Å². The van der Waals surface area contributed by atoms with E-state index < -0.39 is 6.10 Å². The average molecular weight is 267 g/mol. The first-order valence-corrected chi connectivity index (χ1v) is 6.91. The maximum absolute atomic E-state index is 9.75. The summed E-state index contributed by atoms with van der Waals surface area (Å²) in [5.41, 5.74) is 1.15. The maximum atomic E-state index is 9.75. The molecule has 0 aliphatic heterocycles. The van der Waals surface area contributed by atoms with E-state index in [1.165, 1.54) is 0 Å². The van der Waals surface area contributed by atoms with E-state index in [-0.39, 0.29) is 6.61 Å². The highest BCUT2D eigenvalue weighted by Crippen LogP contribution is 2.12. The second-order valence-electron chi connectivity index (χ2n) is 4.77. The Morgan fingerprint density at radius 3 is 2.84 bits per heavy atom. The fourth-order valence-corrected chi connectivity index (χ4v) is 1.76. The Morgan fingerprint density at radius 2 is 2.11 bits per heavy atom. The van der Waals surface area contributed by atoms with Crippen LogP contribution in [-0.4, -0.2) is 42.6 Å². The molecule has 0 saturated carbocycles. The molecule has 0 aliphatic rings. The molecule has 3 N–H and O–H groups in total. The summed E-state index contributed by atoms with van der Waals surface area (Å²) in [6.45, 7) is 3.96. The van der Waals surface area contributed by atoms with Crippen molar-refractivity contribution in [3.05, 3.63) is 29.8 Å². The third kappa shape index (κ3) is 7.82. The van der Waals surface area contributed by atoms with Gasteiger partial charge in [-0.25, -0.2) is 0 Å². The third-order valence-corrected chi connectivity index (χ3v) is 2.82. The Kier molecular flexibility index (Phi) is 8.21. The normalized spacial score (nSPS) is 12.4. The summed E-state index contributed by atoms with van der Waals surface area (Å²) >= 11 is 0. The number of hydrogen-bond acceptors (Lipinski definition) is 4. The fourth-order valence-electron chi connectivity index (χ4n) is 1.76. The lowest BCUT2D eigenvalue weighted by molar-refractivity contribution is 0.106. The van der Waals surface area contributed by atoms with E-state index >= 15 is 0 Å². The number of unbranched alkanes of at least 4 members (excludes halogenated alkanes) is 2. The van der Waals surface area contributed by atoms with Crippen LogP contribution in [0.2, 0.25) is 0 Å². The van der Waals surface area contributed by atoms with Crippen LogP contribution in [0.4, 0.5) is 0 Å². The van der Waals surface area contributed by atoms with Crippen LogP contribution in [0.15, 0.2) is 24.3 Å². The van der Waals surface area contributed by atoms with E-state index in [9.17, 15) is 5.11 Å². The van der Waals surface area contributed by atoms with Gasteiger partial charge in [0.05, 0.1) is 0 Å². The van der Waals surface area contributed by atoms with Crippen molar-refractivity contribution >= 4 is 0 Å². The van der Waals surface area contributed by atoms with Crippen LogP contribution in [0.3, 0.4) is 0 Å². The van der Waals surface area contributed by atoms with Crippen molar-refractivity contribution in [1.82, 2.24) is 5.32 Å². The first-order chi connectivity index (χ1) is 9.22. The molecule has 0 heterocycles. The van der Waals surface area contributed by atoms with Crippen LogP contribution in [-0.2, 0) is 0 Å². The number of ether oxygens (including phenoxy) is 1. The van der Waals surface area contributed by atoms with Gasteiger partial charge in [0.2, 0.25) is 0 Å². The molecule has 0 spiro atoms. The average Bonchev–Trinajstić information content (AvgIpc) is 2.40. The first-order valence-electron chi connectivity index (χ1n) is 6.91. The summed E-state index contributed by atoms with van der Waals surface area (Å²) in [6.07, 6.45) is 2.38. The molecule has 1 rings (SSSR count). The second kappa shape index (κ2) is 9.78. The van der Waals surface area contributed by atoms with Gasteiger partial charge in [-0.05, 0) is 50.4 Å². The smallest absolute Gasteiger partial charge is 0.119 e. The fraction of sp³-hybridized carbons (Fsp3) is 0.600. The van der Waals surface area contributed by atoms with Gasteiger partial charge in [-0.15, -0.1) is 0 Å². The molecule has 1 aromatic rings. The molecular weight excluding hydrogens is 242 g/mol. The number of aryl methyl sites for hydroxylation is 1. The molecule has 1 atom stereocenters. The van der Waals surface area contributed by atoms with Crippen molar-refractivity contribution in [3.63, 3.8) is 0 Å². The highest BCUT2D eigenvalue weighted by molar-refractivity contribution is 5.27. The van der Waals surface area contributed by atoms with Gasteiger partial charge in [0.1, 0.15) is 18.5 Å². The molecule has 4 heteroatoms. The number of hydrogen-bond donors (Lipinski definition) is 3. The lowest BCUT2D eigenvalue weighted by Crippen LogP contribution is -2.32. The molecule has 0 radical (unpaired) electrons. The molecule has 0 bridgehead atoms. The van der Waals surface area contributed by atoms with Crippen LogP contribution < -0.4 is 10.1 Å². The van der Waals surface area contributed by atoms with Gasteiger partial charge >= 0.3 is 0 Å². The van der Waals surface area contributed by atoms with Gasteiger partial charge in [-0.1, -0.05) is 12.1 Å². The summed E-state index contributed by atoms with van der Waals surface area (Å²) in [4.78, 5) is 0. The van der Waals surface area contributed by atoms with Crippen LogP contribution in [0.5, 0.6) is 5.75 Å². The number of aliphatic hydroxyl groups is 2. The van der Waals surface area contributed by atoms with Crippen LogP contribution in [0, 0.1) is 6.92 Å². The number of benzene rings is 1. The maximum Gasteiger partial charge on any atom is 0.119 e. The van der Waals surface area contributed by atoms with Gasteiger partial charge in [-0.2, -0.15) is 0 Å². The molecular formula is C15H25NO3. The first kappa shape index (κ1) is 16.0. The summed E-state index contributed by atoms with van der Waals surface area (Å²) in [6, 6.07) is 7.80. The zero-order valence-electron chi connectivity index (χ0n) is 11.6. The zero-order valence-corrected chi connectivity index (χ0v) is 11.6. The molecule has 1 unspecified atom stereocenters. The molecule has 19 heavy (non-hydrogen) atoms. The van der Waals surface area contributed by atoms with Crippen LogP contribution in [0.1, 0.15) is 24.8 Å². The Morgan fingerprint density at radius 1 is 1.26 bits per heavy atom. The SMILES string of the molecule is Cc1cccc(OCC(O)CNCCCCCO)c1. The summed E-state index contributed by atoms with van der Waals surface area (Å²) < 4.78 is 5.52. The molecule has 1 aromatic carbocycles. The predicted octanol–water partition coefficient (Wildman–Crippen LogP) is 1.49. The second-order valence-corrected chi connectivity index (χ2v) is 4.77. The van der Waals surface area contributed by atoms with Crippen molar-refractivity contribution in [1.29, 1.82) is 0 Å². The predicted molar refractivity (Wildman–Crippen MR) is 76.5 cm³/mol. The molecule has 0 aliphatic carbocycles. The topological polar surface area (TPSA) is 61.7 Å². The molecule has 108 valence electrons. The minimum atomic E-state index is -0.502. The van der Waals surface area contributed by atoms with Gasteiger partial charge in [-0.3, -0.25) is 0 Å². The molecule has 4 nitrogen and oxygen atoms in total. The van der Waals surface area contributed by atoms with E-state index in [2.05, 4.69) is 5.32 Å². The summed E-state index contributed by atoms with van der Waals surface area (Å²) in [5.74, 6) is 0.794. The molecule has 0 aromatic heterocycles. The monoisotopic (exact) mass is 267 g/mol. The van der Waals surface area contributed by atoms with Crippen molar-refractivity contribution in [2.24, 2.45) is 0 Å². The molecule has 0 fully saturated rings. The molecule has 0 saturated heterocycles. The van der Waals surface area contributed by atoms with Crippen molar-refractivity contribution < 1.29 is 14.9 Å². The lowest BCUT2D eigenvalue weighted by Gasteiger charge is -2.13. The van der Waals surface area contributed by atoms with E-state index in [0.717, 1.165) is 37.1 Å². The third-order valence-electron chi connectivity index (χ3n) is 2.82. The van der Waals surface area contributed by atoms with E-state index in [1.807, 2.05) is 31.2 Å². The highest BCUT2D eigenvalue weighted by atomic mass is 16.5. The highest BCUT2D eigenvalue weighted by Gasteiger charge is 2.04. The Hall–Kier alpha value is -1.10. The van der Waals surface area contributed by atoms with Gasteiger partial charge < -0.3 is 20.3 Å². The van der Waals surface area contributed by atoms with Crippen LogP contribution >= 0.6 is 0 Å². The largest absolute Gasteiger partial charge is 0.491 e. The van der Waals surface area contributed by atoms with Gasteiger partial charge in [0, 0.05) is 13.2 Å². The quantitative estimate of drug-likeness (QED) is 0.562. The standard InChI is InChI=1S/C15H25NO3/c1-13-6-5-7-15(10-13)19-12-14(18)11-16-8-3-2-4-9-17/h5-7,10,14,16-18H,2-4,8-9,11-12H2,1H3. The van der Waals surface area contributed by atoms with E-state index in [4.69, 9.17) is 9.84 Å². The summed E-state index contributed by atoms with van der Waals surface area (Å²) in [7, 11) is 0. The minimum absolute atomic E-state index is 0.257. The van der Waals surface area contributed by atoms with Crippen molar-refractivity contribution in [2.75, 3.05) is 26.3 Å². The van der Waals surface area contributed by atoms with Gasteiger partial charge in [0.15, 0.2) is 0 Å². The number of nitrogens with one attached hydrogen (secondary N) is 1. The van der Waals surface area contributed by atoms with E-state index in [1.54, 1.807) is 0 Å². The lowest BCUT2D eigenvalue weighted by atomic mass is 10.2. The van der Waals surface area contributed by atoms with E-state index in [0.29, 0.717) is 13.2 Å². The number of rotatable bonds is 10. The Balaban J connectivity index is 2.06. The number of aliphatic hydroxyl groups excluding tert-OH is 2. The Bertz CT molecular complexity index is 344. The molecule has 0 amide bonds. The zero-order chi connectivity index (χ0) is 13.9. The van der Waals surface area contributed by atoms with Crippen molar-refractivity contribution in [2.45, 2.75) is 32.3 Å². The van der Waals surface area contributed by atoms with Crippen LogP contribution in [0.25, 0.3) is 0 Å². The van der Waals surface area contributed by atoms with Gasteiger partial charge in [0.25, 0.3) is 0 Å².